The second-order valence-electron chi connectivity index (χ2n) is 6.73. The van der Waals surface area contributed by atoms with Crippen molar-refractivity contribution < 1.29 is 9.18 Å². The number of rotatable bonds is 8. The van der Waals surface area contributed by atoms with Crippen molar-refractivity contribution in [3.63, 3.8) is 0 Å². The van der Waals surface area contributed by atoms with Crippen molar-refractivity contribution in [1.82, 2.24) is 24.5 Å². The molecule has 0 unspecified atom stereocenters. The highest BCUT2D eigenvalue weighted by molar-refractivity contribution is 7.99. The van der Waals surface area contributed by atoms with Crippen molar-refractivity contribution in [3.05, 3.63) is 72.7 Å². The summed E-state index contributed by atoms with van der Waals surface area (Å²) in [6.07, 6.45) is 2.57. The van der Waals surface area contributed by atoms with Crippen LogP contribution in [0.4, 0.5) is 10.2 Å². The van der Waals surface area contributed by atoms with E-state index in [9.17, 15) is 9.18 Å². The van der Waals surface area contributed by atoms with E-state index in [2.05, 4.69) is 20.6 Å². The van der Waals surface area contributed by atoms with Crippen LogP contribution in [0.25, 0.3) is 17.1 Å². The Hall–Kier alpha value is -3.46. The van der Waals surface area contributed by atoms with E-state index in [-0.39, 0.29) is 17.5 Å². The average molecular weight is 437 g/mol. The SMILES string of the molecule is CCCn1nccc1NC(=O)CSc1nnc(-c2ccccc2F)n1-c1ccccc1. The van der Waals surface area contributed by atoms with Crippen LogP contribution >= 0.6 is 11.8 Å². The molecule has 0 bridgehead atoms. The van der Waals surface area contributed by atoms with Crippen LogP contribution in [0.5, 0.6) is 0 Å². The van der Waals surface area contributed by atoms with Crippen LogP contribution < -0.4 is 5.32 Å². The normalized spacial score (nSPS) is 10.9. The van der Waals surface area contributed by atoms with Crippen LogP contribution in [-0.4, -0.2) is 36.2 Å². The fourth-order valence-electron chi connectivity index (χ4n) is 3.13. The molecule has 2 heterocycles. The average Bonchev–Trinajstić information content (AvgIpc) is 3.40. The zero-order valence-electron chi connectivity index (χ0n) is 16.9. The van der Waals surface area contributed by atoms with Crippen molar-refractivity contribution in [1.29, 1.82) is 0 Å². The Kier molecular flexibility index (Phi) is 6.42. The molecule has 0 aliphatic carbocycles. The summed E-state index contributed by atoms with van der Waals surface area (Å²) in [6.45, 7) is 2.77. The molecule has 0 fully saturated rings. The van der Waals surface area contributed by atoms with Gasteiger partial charge in [-0.3, -0.25) is 9.36 Å². The van der Waals surface area contributed by atoms with Crippen LogP contribution in [0, 0.1) is 5.82 Å². The van der Waals surface area contributed by atoms with Gasteiger partial charge in [-0.2, -0.15) is 5.10 Å². The summed E-state index contributed by atoms with van der Waals surface area (Å²) in [5, 5.41) is 16.0. The Morgan fingerprint density at radius 1 is 1.06 bits per heavy atom. The van der Waals surface area contributed by atoms with Gasteiger partial charge in [0.05, 0.1) is 17.5 Å². The number of carbonyl (C=O) groups excluding carboxylic acids is 1. The van der Waals surface area contributed by atoms with E-state index in [1.807, 2.05) is 37.3 Å². The van der Waals surface area contributed by atoms with E-state index in [0.717, 1.165) is 18.7 Å². The van der Waals surface area contributed by atoms with Gasteiger partial charge >= 0.3 is 0 Å². The molecule has 9 heteroatoms. The molecule has 0 saturated carbocycles. The maximum atomic E-state index is 14.4. The number of hydrogen-bond acceptors (Lipinski definition) is 5. The number of nitrogens with zero attached hydrogens (tertiary/aromatic N) is 5. The highest BCUT2D eigenvalue weighted by Crippen LogP contribution is 2.29. The van der Waals surface area contributed by atoms with Gasteiger partial charge in [-0.15, -0.1) is 10.2 Å². The Balaban J connectivity index is 1.58. The molecule has 2 aromatic carbocycles. The Morgan fingerprint density at radius 3 is 2.61 bits per heavy atom. The number of carbonyl (C=O) groups is 1. The Morgan fingerprint density at radius 2 is 1.84 bits per heavy atom. The predicted molar refractivity (Wildman–Crippen MR) is 119 cm³/mol. The molecule has 0 aliphatic heterocycles. The molecule has 31 heavy (non-hydrogen) atoms. The summed E-state index contributed by atoms with van der Waals surface area (Å²) in [4.78, 5) is 12.5. The predicted octanol–water partition coefficient (Wildman–Crippen LogP) is 4.41. The van der Waals surface area contributed by atoms with E-state index in [1.165, 1.54) is 17.8 Å². The number of para-hydroxylation sites is 1. The number of aryl methyl sites for hydroxylation is 1. The third-order valence-corrected chi connectivity index (χ3v) is 5.44. The molecule has 158 valence electrons. The first-order valence-electron chi connectivity index (χ1n) is 9.87. The molecule has 0 spiro atoms. The van der Waals surface area contributed by atoms with Crippen molar-refractivity contribution in [3.8, 4) is 17.1 Å². The summed E-state index contributed by atoms with van der Waals surface area (Å²) in [5.74, 6) is 0.597. The van der Waals surface area contributed by atoms with Crippen LogP contribution in [0.2, 0.25) is 0 Å². The van der Waals surface area contributed by atoms with Gasteiger partial charge in [-0.1, -0.05) is 49.0 Å². The van der Waals surface area contributed by atoms with Crippen LogP contribution in [0.3, 0.4) is 0 Å². The lowest BCUT2D eigenvalue weighted by Gasteiger charge is -2.11. The van der Waals surface area contributed by atoms with Crippen LogP contribution in [0.1, 0.15) is 13.3 Å². The molecule has 0 aliphatic rings. The summed E-state index contributed by atoms with van der Waals surface area (Å²) in [5.41, 5.74) is 1.13. The minimum absolute atomic E-state index is 0.125. The minimum Gasteiger partial charge on any atom is -0.310 e. The first-order chi connectivity index (χ1) is 15.2. The lowest BCUT2D eigenvalue weighted by Crippen LogP contribution is -2.17. The van der Waals surface area contributed by atoms with Gasteiger partial charge < -0.3 is 5.32 Å². The molecule has 4 aromatic rings. The third-order valence-electron chi connectivity index (χ3n) is 4.51. The van der Waals surface area contributed by atoms with E-state index in [1.54, 1.807) is 39.7 Å². The fourth-order valence-corrected chi connectivity index (χ4v) is 3.88. The number of hydrogen-bond donors (Lipinski definition) is 1. The lowest BCUT2D eigenvalue weighted by atomic mass is 10.2. The van der Waals surface area contributed by atoms with Crippen molar-refractivity contribution in [2.45, 2.75) is 25.0 Å². The summed E-state index contributed by atoms with van der Waals surface area (Å²) in [7, 11) is 0. The van der Waals surface area contributed by atoms with Gasteiger partial charge in [0.2, 0.25) is 5.91 Å². The molecule has 4 rings (SSSR count). The van der Waals surface area contributed by atoms with E-state index >= 15 is 0 Å². The number of aromatic nitrogens is 5. The number of thioether (sulfide) groups is 1. The quantitative estimate of drug-likeness (QED) is 0.414. The highest BCUT2D eigenvalue weighted by atomic mass is 32.2. The van der Waals surface area contributed by atoms with E-state index in [0.29, 0.717) is 22.4 Å². The van der Waals surface area contributed by atoms with Gasteiger partial charge in [-0.25, -0.2) is 9.07 Å². The first kappa shape index (κ1) is 20.8. The van der Waals surface area contributed by atoms with Gasteiger partial charge in [-0.05, 0) is 30.7 Å². The van der Waals surface area contributed by atoms with Crippen LogP contribution in [0.15, 0.2) is 72.0 Å². The number of halogens is 1. The van der Waals surface area contributed by atoms with Crippen molar-refractivity contribution in [2.24, 2.45) is 0 Å². The van der Waals surface area contributed by atoms with Crippen LogP contribution in [-0.2, 0) is 11.3 Å². The number of benzene rings is 2. The Bertz CT molecular complexity index is 1170. The largest absolute Gasteiger partial charge is 0.310 e. The second-order valence-corrected chi connectivity index (χ2v) is 7.68. The molecule has 0 saturated heterocycles. The van der Waals surface area contributed by atoms with Gasteiger partial charge in [0.15, 0.2) is 11.0 Å². The standard InChI is InChI=1S/C22H21FN6OS/c1-2-14-28-19(12-13-24-28)25-20(30)15-31-22-27-26-21(17-10-6-7-11-18(17)23)29(22)16-8-4-3-5-9-16/h3-13H,2,14-15H2,1H3,(H,25,30). The fraction of sp³-hybridized carbons (Fsp3) is 0.182. The monoisotopic (exact) mass is 436 g/mol. The first-order valence-corrected chi connectivity index (χ1v) is 10.9. The minimum atomic E-state index is -0.384. The zero-order valence-corrected chi connectivity index (χ0v) is 17.7. The molecule has 1 N–H and O–H groups in total. The third kappa shape index (κ3) is 4.66. The molecule has 0 radical (unpaired) electrons. The van der Waals surface area contributed by atoms with Crippen molar-refractivity contribution in [2.75, 3.05) is 11.1 Å². The highest BCUT2D eigenvalue weighted by Gasteiger charge is 2.19. The van der Waals surface area contributed by atoms with Gasteiger partial charge in [0.1, 0.15) is 11.6 Å². The molecular weight excluding hydrogens is 415 g/mol. The van der Waals surface area contributed by atoms with Gasteiger partial charge in [0.25, 0.3) is 0 Å². The molecule has 0 atom stereocenters. The summed E-state index contributed by atoms with van der Waals surface area (Å²) in [6, 6.07) is 17.6. The Labute approximate surface area is 183 Å². The van der Waals surface area contributed by atoms with E-state index in [4.69, 9.17) is 0 Å². The maximum Gasteiger partial charge on any atom is 0.235 e. The lowest BCUT2D eigenvalue weighted by molar-refractivity contribution is -0.113. The smallest absolute Gasteiger partial charge is 0.235 e. The van der Waals surface area contributed by atoms with Gasteiger partial charge in [0, 0.05) is 18.3 Å². The van der Waals surface area contributed by atoms with E-state index < -0.39 is 0 Å². The molecular formula is C22H21FN6OS. The zero-order chi connectivity index (χ0) is 21.6. The maximum absolute atomic E-state index is 14.4. The topological polar surface area (TPSA) is 77.6 Å². The molecule has 1 amide bonds. The number of amides is 1. The molecule has 2 aromatic heterocycles. The number of anilines is 1. The second kappa shape index (κ2) is 9.57. The van der Waals surface area contributed by atoms with Crippen molar-refractivity contribution >= 4 is 23.5 Å². The molecule has 7 nitrogen and oxygen atoms in total. The number of nitrogens with one attached hydrogen (secondary N) is 1. The summed E-state index contributed by atoms with van der Waals surface area (Å²) >= 11 is 1.24. The summed E-state index contributed by atoms with van der Waals surface area (Å²) < 4.78 is 18.0.